The van der Waals surface area contributed by atoms with Crippen LogP contribution >= 0.6 is 0 Å². The lowest BCUT2D eigenvalue weighted by molar-refractivity contribution is -0.118. The monoisotopic (exact) mass is 314 g/mol. The number of hydrogen-bond donors (Lipinski definition) is 1. The zero-order chi connectivity index (χ0) is 16.2. The lowest BCUT2D eigenvalue weighted by atomic mass is 10.2. The second-order valence-electron chi connectivity index (χ2n) is 5.49. The van der Waals surface area contributed by atoms with Crippen LogP contribution in [-0.2, 0) is 11.3 Å². The van der Waals surface area contributed by atoms with Crippen LogP contribution in [0.1, 0.15) is 26.0 Å². The molecule has 3 rings (SSSR count). The molecule has 0 radical (unpaired) electrons. The van der Waals surface area contributed by atoms with Gasteiger partial charge in [-0.05, 0) is 25.1 Å². The molecule has 0 saturated carbocycles. The summed E-state index contributed by atoms with van der Waals surface area (Å²) in [7, 11) is 0. The number of anilines is 2. The summed E-state index contributed by atoms with van der Waals surface area (Å²) in [6.07, 6.45) is 4.02. The molecule has 1 aliphatic rings. The van der Waals surface area contributed by atoms with Crippen LogP contribution in [0, 0.1) is 0 Å². The van der Waals surface area contributed by atoms with E-state index < -0.39 is 0 Å². The first kappa shape index (κ1) is 15.4. The Bertz CT molecular complexity index is 669. The third-order valence-corrected chi connectivity index (χ3v) is 4.05. The largest absolute Gasteiger partial charge is 0.490 e. The molecule has 0 fully saturated rings. The highest BCUT2D eigenvalue weighted by atomic mass is 16.5. The van der Waals surface area contributed by atoms with Crippen molar-refractivity contribution in [3.8, 4) is 5.75 Å². The van der Waals surface area contributed by atoms with Crippen LogP contribution in [0.2, 0.25) is 0 Å². The van der Waals surface area contributed by atoms with E-state index in [4.69, 9.17) is 4.74 Å². The van der Waals surface area contributed by atoms with Gasteiger partial charge in [0.25, 0.3) is 0 Å². The summed E-state index contributed by atoms with van der Waals surface area (Å²) in [5, 5.41) is 0. The minimum atomic E-state index is 0.129. The fraction of sp³-hybridized carbons (Fsp3) is 0.412. The average Bonchev–Trinajstić information content (AvgIpc) is 3.09. The fourth-order valence-electron chi connectivity index (χ4n) is 2.86. The van der Waals surface area contributed by atoms with Gasteiger partial charge in [0, 0.05) is 24.8 Å². The zero-order valence-corrected chi connectivity index (χ0v) is 13.6. The van der Waals surface area contributed by atoms with Crippen molar-refractivity contribution in [1.29, 1.82) is 0 Å². The second-order valence-corrected chi connectivity index (χ2v) is 5.49. The minimum Gasteiger partial charge on any atom is -0.490 e. The number of rotatable bonds is 5. The standard InChI is InChI=1S/C17H22N4O2/c1-3-17(22)21(4-2)14-5-6-16-15(9-14)20(7-8-23-16)11-13-10-18-12-19-13/h5-6,9-10,12H,3-4,7-8,11H2,1-2H3,(H,18,19). The number of nitrogens with zero attached hydrogens (tertiary/aromatic N) is 3. The number of fused-ring (bicyclic) bond motifs is 1. The number of amides is 1. The molecule has 2 aromatic rings. The Labute approximate surface area is 136 Å². The van der Waals surface area contributed by atoms with Gasteiger partial charge in [-0.1, -0.05) is 6.92 Å². The maximum absolute atomic E-state index is 12.1. The summed E-state index contributed by atoms with van der Waals surface area (Å²) >= 11 is 0. The molecule has 0 atom stereocenters. The lowest BCUT2D eigenvalue weighted by Crippen LogP contribution is -2.33. The number of aromatic nitrogens is 2. The van der Waals surface area contributed by atoms with Crippen molar-refractivity contribution < 1.29 is 9.53 Å². The topological polar surface area (TPSA) is 61.5 Å². The van der Waals surface area contributed by atoms with Gasteiger partial charge < -0.3 is 19.5 Å². The Balaban J connectivity index is 1.91. The first-order valence-electron chi connectivity index (χ1n) is 8.02. The van der Waals surface area contributed by atoms with Gasteiger partial charge in [-0.25, -0.2) is 4.98 Å². The van der Waals surface area contributed by atoms with Crippen molar-refractivity contribution in [3.63, 3.8) is 0 Å². The highest BCUT2D eigenvalue weighted by Gasteiger charge is 2.21. The smallest absolute Gasteiger partial charge is 0.226 e. The van der Waals surface area contributed by atoms with Crippen molar-refractivity contribution in [2.75, 3.05) is 29.5 Å². The van der Waals surface area contributed by atoms with Crippen molar-refractivity contribution in [2.45, 2.75) is 26.8 Å². The van der Waals surface area contributed by atoms with Crippen molar-refractivity contribution in [3.05, 3.63) is 36.4 Å². The lowest BCUT2D eigenvalue weighted by Gasteiger charge is -2.32. The highest BCUT2D eigenvalue weighted by molar-refractivity contribution is 5.94. The van der Waals surface area contributed by atoms with Crippen LogP contribution < -0.4 is 14.5 Å². The number of hydrogen-bond acceptors (Lipinski definition) is 4. The van der Waals surface area contributed by atoms with E-state index in [1.165, 1.54) is 0 Å². The van der Waals surface area contributed by atoms with E-state index in [0.29, 0.717) is 19.6 Å². The fourth-order valence-corrected chi connectivity index (χ4v) is 2.86. The molecule has 6 nitrogen and oxygen atoms in total. The number of imidazole rings is 1. The van der Waals surface area contributed by atoms with Crippen LogP contribution in [0.4, 0.5) is 11.4 Å². The first-order valence-corrected chi connectivity index (χ1v) is 8.02. The molecule has 6 heteroatoms. The molecule has 0 saturated heterocycles. The van der Waals surface area contributed by atoms with Gasteiger partial charge >= 0.3 is 0 Å². The Morgan fingerprint density at radius 3 is 3.00 bits per heavy atom. The van der Waals surface area contributed by atoms with E-state index in [-0.39, 0.29) is 5.91 Å². The molecular weight excluding hydrogens is 292 g/mol. The number of aromatic amines is 1. The molecule has 1 amide bonds. The van der Waals surface area contributed by atoms with Crippen molar-refractivity contribution >= 4 is 17.3 Å². The Morgan fingerprint density at radius 2 is 2.30 bits per heavy atom. The van der Waals surface area contributed by atoms with Gasteiger partial charge in [-0.15, -0.1) is 0 Å². The van der Waals surface area contributed by atoms with E-state index >= 15 is 0 Å². The van der Waals surface area contributed by atoms with E-state index in [9.17, 15) is 4.79 Å². The van der Waals surface area contributed by atoms with Gasteiger partial charge in [0.05, 0.1) is 30.8 Å². The van der Waals surface area contributed by atoms with Crippen LogP contribution in [-0.4, -0.2) is 35.6 Å². The SMILES string of the molecule is CCC(=O)N(CC)c1ccc2c(c1)N(Cc1cnc[nH]1)CCO2. The second kappa shape index (κ2) is 6.73. The quantitative estimate of drug-likeness (QED) is 0.921. The highest BCUT2D eigenvalue weighted by Crippen LogP contribution is 2.36. The predicted octanol–water partition coefficient (Wildman–Crippen LogP) is 2.57. The summed E-state index contributed by atoms with van der Waals surface area (Å²) in [4.78, 5) is 23.4. The molecule has 1 aliphatic heterocycles. The number of nitrogens with one attached hydrogen (secondary N) is 1. The minimum absolute atomic E-state index is 0.129. The van der Waals surface area contributed by atoms with Gasteiger partial charge in [-0.2, -0.15) is 0 Å². The number of carbonyl (C=O) groups excluding carboxylic acids is 1. The van der Waals surface area contributed by atoms with Gasteiger partial charge in [0.1, 0.15) is 12.4 Å². The molecule has 0 spiro atoms. The molecule has 0 bridgehead atoms. The third kappa shape index (κ3) is 3.16. The molecular formula is C17H22N4O2. The van der Waals surface area contributed by atoms with Crippen LogP contribution in [0.25, 0.3) is 0 Å². The normalized spacial score (nSPS) is 13.4. The van der Waals surface area contributed by atoms with Gasteiger partial charge in [-0.3, -0.25) is 4.79 Å². The summed E-state index contributed by atoms with van der Waals surface area (Å²) in [5.74, 6) is 0.990. The van der Waals surface area contributed by atoms with E-state index in [2.05, 4.69) is 14.9 Å². The van der Waals surface area contributed by atoms with Gasteiger partial charge in [0.15, 0.2) is 0 Å². The Kier molecular flexibility index (Phi) is 4.50. The first-order chi connectivity index (χ1) is 11.2. The number of ether oxygens (including phenoxy) is 1. The van der Waals surface area contributed by atoms with Crippen molar-refractivity contribution in [1.82, 2.24) is 9.97 Å². The molecule has 122 valence electrons. The summed E-state index contributed by atoms with van der Waals surface area (Å²) in [6.45, 7) is 6.75. The molecule has 1 aromatic carbocycles. The van der Waals surface area contributed by atoms with E-state index in [1.54, 1.807) is 6.33 Å². The Morgan fingerprint density at radius 1 is 1.43 bits per heavy atom. The average molecular weight is 314 g/mol. The molecule has 0 unspecified atom stereocenters. The molecule has 1 N–H and O–H groups in total. The van der Waals surface area contributed by atoms with E-state index in [1.807, 2.05) is 43.1 Å². The van der Waals surface area contributed by atoms with Crippen LogP contribution in [0.15, 0.2) is 30.7 Å². The maximum atomic E-state index is 12.1. The summed E-state index contributed by atoms with van der Waals surface area (Å²) in [5.41, 5.74) is 2.99. The van der Waals surface area contributed by atoms with E-state index in [0.717, 1.165) is 35.9 Å². The molecule has 2 heterocycles. The molecule has 1 aromatic heterocycles. The van der Waals surface area contributed by atoms with Crippen LogP contribution in [0.5, 0.6) is 5.75 Å². The summed E-state index contributed by atoms with van der Waals surface area (Å²) in [6, 6.07) is 5.95. The Hall–Kier alpha value is -2.50. The van der Waals surface area contributed by atoms with Gasteiger partial charge in [0.2, 0.25) is 5.91 Å². The summed E-state index contributed by atoms with van der Waals surface area (Å²) < 4.78 is 5.76. The number of H-pyrrole nitrogens is 1. The number of benzene rings is 1. The van der Waals surface area contributed by atoms with Crippen molar-refractivity contribution in [2.24, 2.45) is 0 Å². The maximum Gasteiger partial charge on any atom is 0.226 e. The molecule has 23 heavy (non-hydrogen) atoms. The number of carbonyl (C=O) groups is 1. The molecule has 0 aliphatic carbocycles. The zero-order valence-electron chi connectivity index (χ0n) is 13.6. The van der Waals surface area contributed by atoms with Crippen LogP contribution in [0.3, 0.4) is 0 Å². The predicted molar refractivity (Wildman–Crippen MR) is 89.9 cm³/mol. The third-order valence-electron chi connectivity index (χ3n) is 4.05.